The van der Waals surface area contributed by atoms with Gasteiger partial charge in [0.2, 0.25) is 0 Å². The Labute approximate surface area is 405 Å². The molecule has 0 aromatic rings. The molecule has 0 fully saturated rings. The molecule has 0 spiro atoms. The SMILES string of the molecule is CCCCCCCCC=CCCCCCCCC(=O)OC(COC(=O)CCCCCCCCCCCCCCCCC)COC(=O)CCCCCCCCCCCCCCCCCCC. The number of rotatable bonds is 54. The summed E-state index contributed by atoms with van der Waals surface area (Å²) >= 11 is 0. The molecule has 0 aliphatic rings. The van der Waals surface area contributed by atoms with Gasteiger partial charge in [-0.3, -0.25) is 14.4 Å². The second-order valence-corrected chi connectivity index (χ2v) is 19.9. The van der Waals surface area contributed by atoms with E-state index in [1.807, 2.05) is 0 Å². The highest BCUT2D eigenvalue weighted by atomic mass is 16.6. The van der Waals surface area contributed by atoms with Crippen LogP contribution in [0.15, 0.2) is 12.2 Å². The third kappa shape index (κ3) is 53.0. The second-order valence-electron chi connectivity index (χ2n) is 19.9. The molecule has 0 aliphatic carbocycles. The first-order valence-electron chi connectivity index (χ1n) is 29.2. The third-order valence-corrected chi connectivity index (χ3v) is 13.3. The molecule has 1 atom stereocenters. The number of esters is 3. The fourth-order valence-electron chi connectivity index (χ4n) is 8.85. The van der Waals surface area contributed by atoms with E-state index in [1.54, 1.807) is 0 Å². The number of unbranched alkanes of at least 4 members (excludes halogenated alkanes) is 41. The van der Waals surface area contributed by atoms with Crippen LogP contribution < -0.4 is 0 Å². The zero-order chi connectivity index (χ0) is 47.2. The van der Waals surface area contributed by atoms with Gasteiger partial charge in [0.1, 0.15) is 13.2 Å². The van der Waals surface area contributed by atoms with Crippen LogP contribution in [0.1, 0.15) is 329 Å². The molecule has 0 bridgehead atoms. The Hall–Kier alpha value is -1.85. The van der Waals surface area contributed by atoms with E-state index < -0.39 is 6.10 Å². The molecule has 0 aromatic carbocycles. The van der Waals surface area contributed by atoms with Crippen LogP contribution in [0.2, 0.25) is 0 Å². The maximum Gasteiger partial charge on any atom is 0.306 e. The average molecular weight is 918 g/mol. The molecule has 0 aliphatic heterocycles. The lowest BCUT2D eigenvalue weighted by Crippen LogP contribution is -2.30. The summed E-state index contributed by atoms with van der Waals surface area (Å²) in [6, 6.07) is 0. The van der Waals surface area contributed by atoms with Gasteiger partial charge in [0.05, 0.1) is 0 Å². The van der Waals surface area contributed by atoms with Crippen molar-refractivity contribution in [3.63, 3.8) is 0 Å². The Morgan fingerprint density at radius 3 is 0.769 bits per heavy atom. The first-order chi connectivity index (χ1) is 32.0. The van der Waals surface area contributed by atoms with Crippen molar-refractivity contribution in [3.8, 4) is 0 Å². The minimum Gasteiger partial charge on any atom is -0.462 e. The Bertz CT molecular complexity index is 1010. The molecule has 0 rings (SSSR count). The molecule has 0 saturated carbocycles. The summed E-state index contributed by atoms with van der Waals surface area (Å²) in [6.07, 6.45) is 62.0. The standard InChI is InChI=1S/C59H112O6/c1-4-7-10-13-16-19-22-25-28-29-32-34-37-40-43-46-49-52-58(61)64-55-56(65-59(62)53-50-47-44-41-38-35-31-27-24-21-18-15-12-9-6-3)54-63-57(60)51-48-45-42-39-36-33-30-26-23-20-17-14-11-8-5-2/h27,31,56H,4-26,28-30,32-55H2,1-3H3. The zero-order valence-electron chi connectivity index (χ0n) is 44.0. The molecule has 0 aromatic heterocycles. The number of allylic oxidation sites excluding steroid dienone is 2. The summed E-state index contributed by atoms with van der Waals surface area (Å²) in [5.74, 6) is -0.850. The van der Waals surface area contributed by atoms with Gasteiger partial charge in [0, 0.05) is 19.3 Å². The van der Waals surface area contributed by atoms with Crippen LogP contribution in [-0.4, -0.2) is 37.2 Å². The highest BCUT2D eigenvalue weighted by molar-refractivity contribution is 5.71. The van der Waals surface area contributed by atoms with Crippen molar-refractivity contribution in [3.05, 3.63) is 12.2 Å². The fraction of sp³-hybridized carbons (Fsp3) is 0.915. The van der Waals surface area contributed by atoms with E-state index >= 15 is 0 Å². The van der Waals surface area contributed by atoms with Crippen molar-refractivity contribution in [2.75, 3.05) is 13.2 Å². The Balaban J connectivity index is 4.32. The van der Waals surface area contributed by atoms with Crippen molar-refractivity contribution in [2.24, 2.45) is 0 Å². The molecule has 6 nitrogen and oxygen atoms in total. The molecule has 0 amide bonds. The number of hydrogen-bond acceptors (Lipinski definition) is 6. The van der Waals surface area contributed by atoms with Gasteiger partial charge in [0.15, 0.2) is 6.10 Å². The van der Waals surface area contributed by atoms with Crippen molar-refractivity contribution in [1.29, 1.82) is 0 Å². The minimum absolute atomic E-state index is 0.0673. The Kier molecular flexibility index (Phi) is 53.2. The van der Waals surface area contributed by atoms with Crippen molar-refractivity contribution in [1.82, 2.24) is 0 Å². The van der Waals surface area contributed by atoms with Gasteiger partial charge in [0.25, 0.3) is 0 Å². The van der Waals surface area contributed by atoms with E-state index in [1.165, 1.54) is 225 Å². The van der Waals surface area contributed by atoms with Crippen molar-refractivity contribution >= 4 is 17.9 Å². The monoisotopic (exact) mass is 917 g/mol. The molecule has 0 saturated heterocycles. The number of ether oxygens (including phenoxy) is 3. The summed E-state index contributed by atoms with van der Waals surface area (Å²) in [5.41, 5.74) is 0. The summed E-state index contributed by atoms with van der Waals surface area (Å²) in [4.78, 5) is 38.1. The average Bonchev–Trinajstić information content (AvgIpc) is 3.30. The van der Waals surface area contributed by atoms with Gasteiger partial charge in [-0.2, -0.15) is 0 Å². The fourth-order valence-corrected chi connectivity index (χ4v) is 8.85. The summed E-state index contributed by atoms with van der Waals surface area (Å²) in [6.45, 7) is 6.69. The molecule has 6 heteroatoms. The molecule has 0 N–H and O–H groups in total. The molecular weight excluding hydrogens is 805 g/mol. The van der Waals surface area contributed by atoms with Crippen LogP contribution in [-0.2, 0) is 28.6 Å². The van der Waals surface area contributed by atoms with E-state index in [0.29, 0.717) is 19.3 Å². The highest BCUT2D eigenvalue weighted by Gasteiger charge is 2.19. The minimum atomic E-state index is -0.768. The first-order valence-corrected chi connectivity index (χ1v) is 29.2. The lowest BCUT2D eigenvalue weighted by atomic mass is 10.0. The Morgan fingerprint density at radius 2 is 0.508 bits per heavy atom. The van der Waals surface area contributed by atoms with E-state index in [2.05, 4.69) is 32.9 Å². The molecule has 65 heavy (non-hydrogen) atoms. The van der Waals surface area contributed by atoms with Crippen molar-refractivity contribution in [2.45, 2.75) is 335 Å². The molecule has 0 radical (unpaired) electrons. The van der Waals surface area contributed by atoms with Crippen LogP contribution in [0, 0.1) is 0 Å². The van der Waals surface area contributed by atoms with Crippen LogP contribution in [0.4, 0.5) is 0 Å². The first kappa shape index (κ1) is 63.1. The van der Waals surface area contributed by atoms with Gasteiger partial charge in [-0.05, 0) is 44.9 Å². The quantitative estimate of drug-likeness (QED) is 0.0262. The predicted molar refractivity (Wildman–Crippen MR) is 280 cm³/mol. The number of carbonyl (C=O) groups is 3. The largest absolute Gasteiger partial charge is 0.462 e. The van der Waals surface area contributed by atoms with E-state index in [0.717, 1.165) is 64.2 Å². The lowest BCUT2D eigenvalue weighted by molar-refractivity contribution is -0.167. The zero-order valence-corrected chi connectivity index (χ0v) is 44.0. The predicted octanol–water partition coefficient (Wildman–Crippen LogP) is 19.3. The maximum atomic E-state index is 12.8. The van der Waals surface area contributed by atoms with E-state index in [4.69, 9.17) is 14.2 Å². The second kappa shape index (κ2) is 54.8. The molecule has 1 unspecified atom stereocenters. The molecular formula is C59H112O6. The van der Waals surface area contributed by atoms with Gasteiger partial charge in [-0.15, -0.1) is 0 Å². The summed E-state index contributed by atoms with van der Waals surface area (Å²) in [7, 11) is 0. The Morgan fingerprint density at radius 1 is 0.292 bits per heavy atom. The third-order valence-electron chi connectivity index (χ3n) is 13.3. The maximum absolute atomic E-state index is 12.8. The van der Waals surface area contributed by atoms with E-state index in [9.17, 15) is 14.4 Å². The van der Waals surface area contributed by atoms with E-state index in [-0.39, 0.29) is 31.1 Å². The van der Waals surface area contributed by atoms with Gasteiger partial charge in [-0.1, -0.05) is 277 Å². The lowest BCUT2D eigenvalue weighted by Gasteiger charge is -2.18. The summed E-state index contributed by atoms with van der Waals surface area (Å²) in [5, 5.41) is 0. The van der Waals surface area contributed by atoms with Gasteiger partial charge in [-0.25, -0.2) is 0 Å². The normalized spacial score (nSPS) is 12.0. The van der Waals surface area contributed by atoms with Crippen LogP contribution >= 0.6 is 0 Å². The highest BCUT2D eigenvalue weighted by Crippen LogP contribution is 2.17. The topological polar surface area (TPSA) is 78.9 Å². The molecule has 384 valence electrons. The summed E-state index contributed by atoms with van der Waals surface area (Å²) < 4.78 is 16.9. The number of hydrogen-bond donors (Lipinski definition) is 0. The van der Waals surface area contributed by atoms with Gasteiger partial charge < -0.3 is 14.2 Å². The smallest absolute Gasteiger partial charge is 0.306 e. The van der Waals surface area contributed by atoms with Crippen LogP contribution in [0.25, 0.3) is 0 Å². The number of carbonyl (C=O) groups excluding carboxylic acids is 3. The van der Waals surface area contributed by atoms with Crippen molar-refractivity contribution < 1.29 is 28.6 Å². The van der Waals surface area contributed by atoms with Gasteiger partial charge >= 0.3 is 17.9 Å². The van der Waals surface area contributed by atoms with Crippen LogP contribution in [0.5, 0.6) is 0 Å². The molecule has 0 heterocycles. The van der Waals surface area contributed by atoms with Crippen LogP contribution in [0.3, 0.4) is 0 Å².